The number of ether oxygens (including phenoxy) is 1. The van der Waals surface area contributed by atoms with Gasteiger partial charge in [-0.3, -0.25) is 9.69 Å². The standard InChI is InChI=1S/C20H26ClN3O2S/c1-13(2)17(24-7-9-26-10-8-24)12-22-19(25)18-14(3)23-20(27-18)15-5-4-6-16(21)11-15/h4-6,11,13,17H,7-10,12H2,1-3H3,(H,22,25). The van der Waals surface area contributed by atoms with E-state index in [1.54, 1.807) is 0 Å². The second kappa shape index (κ2) is 9.15. The number of amides is 1. The van der Waals surface area contributed by atoms with Crippen molar-refractivity contribution in [2.75, 3.05) is 32.8 Å². The van der Waals surface area contributed by atoms with E-state index in [0.29, 0.717) is 28.4 Å². The number of aryl methyl sites for hydroxylation is 1. The van der Waals surface area contributed by atoms with Crippen molar-refractivity contribution in [3.63, 3.8) is 0 Å². The molecule has 0 aliphatic carbocycles. The highest BCUT2D eigenvalue weighted by molar-refractivity contribution is 7.17. The molecule has 1 atom stereocenters. The summed E-state index contributed by atoms with van der Waals surface area (Å²) in [5.74, 6) is 0.394. The fourth-order valence-corrected chi connectivity index (χ4v) is 4.49. The Balaban J connectivity index is 1.68. The van der Waals surface area contributed by atoms with Gasteiger partial charge in [0.05, 0.1) is 18.9 Å². The van der Waals surface area contributed by atoms with Crippen LogP contribution in [0.5, 0.6) is 0 Å². The molecule has 1 N–H and O–H groups in total. The fraction of sp³-hybridized carbons (Fsp3) is 0.500. The largest absolute Gasteiger partial charge is 0.379 e. The first-order valence-corrected chi connectivity index (χ1v) is 10.5. The van der Waals surface area contributed by atoms with Gasteiger partial charge in [-0.2, -0.15) is 0 Å². The van der Waals surface area contributed by atoms with Crippen LogP contribution in [-0.4, -0.2) is 54.7 Å². The van der Waals surface area contributed by atoms with Gasteiger partial charge in [0.1, 0.15) is 9.88 Å². The molecule has 0 radical (unpaired) electrons. The highest BCUT2D eigenvalue weighted by Gasteiger charge is 2.25. The van der Waals surface area contributed by atoms with Crippen molar-refractivity contribution in [2.45, 2.75) is 26.8 Å². The zero-order valence-corrected chi connectivity index (χ0v) is 17.6. The zero-order valence-electron chi connectivity index (χ0n) is 16.0. The molecule has 1 fully saturated rings. The third-order valence-electron chi connectivity index (χ3n) is 4.83. The number of thiazole rings is 1. The predicted molar refractivity (Wildman–Crippen MR) is 111 cm³/mol. The van der Waals surface area contributed by atoms with E-state index in [9.17, 15) is 4.79 Å². The molecule has 1 aromatic carbocycles. The Morgan fingerprint density at radius 2 is 2.11 bits per heavy atom. The first-order valence-electron chi connectivity index (χ1n) is 9.29. The maximum Gasteiger partial charge on any atom is 0.263 e. The van der Waals surface area contributed by atoms with Crippen LogP contribution in [0.3, 0.4) is 0 Å². The molecule has 2 aromatic rings. The van der Waals surface area contributed by atoms with E-state index in [4.69, 9.17) is 16.3 Å². The normalized spacial score (nSPS) is 16.5. The number of nitrogens with zero attached hydrogens (tertiary/aromatic N) is 2. The summed E-state index contributed by atoms with van der Waals surface area (Å²) in [7, 11) is 0. The van der Waals surface area contributed by atoms with Crippen LogP contribution in [-0.2, 0) is 4.74 Å². The number of morpholine rings is 1. The van der Waals surface area contributed by atoms with E-state index in [-0.39, 0.29) is 5.91 Å². The first-order chi connectivity index (χ1) is 13.0. The molecule has 1 saturated heterocycles. The lowest BCUT2D eigenvalue weighted by Gasteiger charge is -2.36. The van der Waals surface area contributed by atoms with Crippen LogP contribution >= 0.6 is 22.9 Å². The summed E-state index contributed by atoms with van der Waals surface area (Å²) in [5.41, 5.74) is 1.68. The number of rotatable bonds is 6. The third kappa shape index (κ3) is 5.08. The van der Waals surface area contributed by atoms with E-state index < -0.39 is 0 Å². The average molecular weight is 408 g/mol. The van der Waals surface area contributed by atoms with Gasteiger partial charge in [-0.25, -0.2) is 4.98 Å². The van der Waals surface area contributed by atoms with Crippen LogP contribution in [0.15, 0.2) is 24.3 Å². The molecule has 0 saturated carbocycles. The van der Waals surface area contributed by atoms with E-state index in [0.717, 1.165) is 42.6 Å². The van der Waals surface area contributed by atoms with E-state index in [1.165, 1.54) is 11.3 Å². The van der Waals surface area contributed by atoms with Crippen molar-refractivity contribution in [3.05, 3.63) is 39.9 Å². The molecule has 27 heavy (non-hydrogen) atoms. The molecular formula is C20H26ClN3O2S. The topological polar surface area (TPSA) is 54.5 Å². The molecule has 5 nitrogen and oxygen atoms in total. The van der Waals surface area contributed by atoms with Gasteiger partial charge >= 0.3 is 0 Å². The van der Waals surface area contributed by atoms with Crippen LogP contribution in [0.25, 0.3) is 10.6 Å². The molecule has 1 amide bonds. The second-order valence-corrected chi connectivity index (χ2v) is 8.55. The zero-order chi connectivity index (χ0) is 19.4. The molecule has 7 heteroatoms. The van der Waals surface area contributed by atoms with Crippen molar-refractivity contribution in [3.8, 4) is 10.6 Å². The molecule has 1 aliphatic rings. The lowest BCUT2D eigenvalue weighted by molar-refractivity contribution is 0.00673. The van der Waals surface area contributed by atoms with E-state index in [2.05, 4.69) is 29.0 Å². The summed E-state index contributed by atoms with van der Waals surface area (Å²) in [6, 6.07) is 7.85. The highest BCUT2D eigenvalue weighted by atomic mass is 35.5. The Bertz CT molecular complexity index is 787. The minimum Gasteiger partial charge on any atom is -0.379 e. The van der Waals surface area contributed by atoms with E-state index in [1.807, 2.05) is 31.2 Å². The van der Waals surface area contributed by atoms with Crippen molar-refractivity contribution >= 4 is 28.8 Å². The lowest BCUT2D eigenvalue weighted by atomic mass is 10.0. The molecule has 3 rings (SSSR count). The van der Waals surface area contributed by atoms with Gasteiger partial charge in [-0.1, -0.05) is 37.6 Å². The predicted octanol–water partition coefficient (Wildman–Crippen LogP) is 3.86. The van der Waals surface area contributed by atoms with Crippen LogP contribution in [0.2, 0.25) is 5.02 Å². The molecule has 0 bridgehead atoms. The Kier molecular flexibility index (Phi) is 6.87. The van der Waals surface area contributed by atoms with Gasteiger partial charge in [0.15, 0.2) is 0 Å². The second-order valence-electron chi connectivity index (χ2n) is 7.11. The molecule has 2 heterocycles. The average Bonchev–Trinajstić information content (AvgIpc) is 3.04. The first kappa shape index (κ1) is 20.3. The number of benzene rings is 1. The fourth-order valence-electron chi connectivity index (χ4n) is 3.33. The SMILES string of the molecule is Cc1nc(-c2cccc(Cl)c2)sc1C(=O)NCC(C(C)C)N1CCOCC1. The summed E-state index contributed by atoms with van der Waals surface area (Å²) in [6.07, 6.45) is 0. The number of hydrogen-bond acceptors (Lipinski definition) is 5. The molecule has 1 aliphatic heterocycles. The van der Waals surface area contributed by atoms with Crippen LogP contribution in [0.1, 0.15) is 29.2 Å². The van der Waals surface area contributed by atoms with Crippen molar-refractivity contribution in [1.29, 1.82) is 0 Å². The van der Waals surface area contributed by atoms with Crippen LogP contribution in [0.4, 0.5) is 0 Å². The van der Waals surface area contributed by atoms with Crippen LogP contribution in [0, 0.1) is 12.8 Å². The van der Waals surface area contributed by atoms with Crippen LogP contribution < -0.4 is 5.32 Å². The Morgan fingerprint density at radius 1 is 1.37 bits per heavy atom. The van der Waals surface area contributed by atoms with Gasteiger partial charge in [-0.05, 0) is 25.0 Å². The summed E-state index contributed by atoms with van der Waals surface area (Å²) < 4.78 is 5.45. The maximum atomic E-state index is 12.8. The van der Waals surface area contributed by atoms with Gasteiger partial charge in [0, 0.05) is 36.3 Å². The molecular weight excluding hydrogens is 382 g/mol. The Hall–Kier alpha value is -1.47. The van der Waals surface area contributed by atoms with Crippen molar-refractivity contribution in [2.24, 2.45) is 5.92 Å². The number of aromatic nitrogens is 1. The number of hydrogen-bond donors (Lipinski definition) is 1. The van der Waals surface area contributed by atoms with Gasteiger partial charge in [-0.15, -0.1) is 11.3 Å². The quantitative estimate of drug-likeness (QED) is 0.790. The van der Waals surface area contributed by atoms with Gasteiger partial charge < -0.3 is 10.1 Å². The Morgan fingerprint density at radius 3 is 2.78 bits per heavy atom. The maximum absolute atomic E-state index is 12.8. The number of carbonyl (C=O) groups is 1. The molecule has 0 spiro atoms. The summed E-state index contributed by atoms with van der Waals surface area (Å²) in [4.78, 5) is 20.4. The monoisotopic (exact) mass is 407 g/mol. The molecule has 1 unspecified atom stereocenters. The van der Waals surface area contributed by atoms with Crippen molar-refractivity contribution in [1.82, 2.24) is 15.2 Å². The number of nitrogens with one attached hydrogen (secondary N) is 1. The van der Waals surface area contributed by atoms with Gasteiger partial charge in [0.2, 0.25) is 0 Å². The molecule has 1 aromatic heterocycles. The number of halogens is 1. The summed E-state index contributed by atoms with van der Waals surface area (Å²) in [6.45, 7) is 10.2. The smallest absolute Gasteiger partial charge is 0.263 e. The molecule has 146 valence electrons. The summed E-state index contributed by atoms with van der Waals surface area (Å²) in [5, 5.41) is 4.59. The Labute approximate surface area is 169 Å². The minimum absolute atomic E-state index is 0.0582. The lowest BCUT2D eigenvalue weighted by Crippen LogP contribution is -2.51. The van der Waals surface area contributed by atoms with E-state index >= 15 is 0 Å². The minimum atomic E-state index is -0.0582. The summed E-state index contributed by atoms with van der Waals surface area (Å²) >= 11 is 7.49. The highest BCUT2D eigenvalue weighted by Crippen LogP contribution is 2.29. The van der Waals surface area contributed by atoms with Gasteiger partial charge in [0.25, 0.3) is 5.91 Å². The number of carbonyl (C=O) groups excluding carboxylic acids is 1. The third-order valence-corrected chi connectivity index (χ3v) is 6.27. The van der Waals surface area contributed by atoms with Crippen molar-refractivity contribution < 1.29 is 9.53 Å².